The van der Waals surface area contributed by atoms with Gasteiger partial charge in [0.1, 0.15) is 0 Å². The molecular weight excluding hydrogens is 226 g/mol. The summed E-state index contributed by atoms with van der Waals surface area (Å²) in [5.41, 5.74) is 2.17. The first-order chi connectivity index (χ1) is 8.54. The molecule has 0 fully saturated rings. The van der Waals surface area contributed by atoms with Crippen molar-refractivity contribution in [3.8, 4) is 0 Å². The first kappa shape index (κ1) is 12.9. The quantitative estimate of drug-likeness (QED) is 0.769. The zero-order valence-electron chi connectivity index (χ0n) is 11.4. The molecule has 1 heterocycles. The number of carbonyl (C=O) groups is 1. The summed E-state index contributed by atoms with van der Waals surface area (Å²) < 4.78 is 4.88. The van der Waals surface area contributed by atoms with Crippen LogP contribution in [0.1, 0.15) is 25.8 Å². The van der Waals surface area contributed by atoms with Gasteiger partial charge in [0.2, 0.25) is 0 Å². The number of ether oxygens (including phenoxy) is 1. The molecule has 0 saturated carbocycles. The van der Waals surface area contributed by atoms with Crippen LogP contribution in [-0.2, 0) is 16.0 Å². The Morgan fingerprint density at radius 3 is 2.83 bits per heavy atom. The summed E-state index contributed by atoms with van der Waals surface area (Å²) in [4.78, 5) is 14.1. The molecule has 0 bridgehead atoms. The molecule has 1 aromatic carbocycles. The second kappa shape index (κ2) is 5.01. The number of methoxy groups -OCH3 is 1. The lowest BCUT2D eigenvalue weighted by molar-refractivity contribution is -0.150. The summed E-state index contributed by atoms with van der Waals surface area (Å²) >= 11 is 0. The Hall–Kier alpha value is -1.51. The maximum absolute atomic E-state index is 11.8. The van der Waals surface area contributed by atoms with Gasteiger partial charge in [-0.1, -0.05) is 18.2 Å². The standard InChI is InChI=1S/C15H21NO2/c1-15(2,14(17)18-3)11-16-10-6-8-12-7-4-5-9-13(12)16/h4-5,7,9H,6,8,10-11H2,1-3H3. The molecule has 0 aromatic heterocycles. The minimum absolute atomic E-state index is 0.148. The summed E-state index contributed by atoms with van der Waals surface area (Å²) in [7, 11) is 1.45. The normalized spacial score (nSPS) is 15.2. The minimum atomic E-state index is -0.473. The average molecular weight is 247 g/mol. The van der Waals surface area contributed by atoms with Gasteiger partial charge in [0.25, 0.3) is 0 Å². The number of rotatable bonds is 3. The maximum atomic E-state index is 11.8. The van der Waals surface area contributed by atoms with Crippen molar-refractivity contribution in [3.63, 3.8) is 0 Å². The highest BCUT2D eigenvalue weighted by Gasteiger charge is 2.32. The number of hydrogen-bond donors (Lipinski definition) is 0. The number of esters is 1. The van der Waals surface area contributed by atoms with E-state index in [0.29, 0.717) is 6.54 Å². The zero-order valence-corrected chi connectivity index (χ0v) is 11.4. The van der Waals surface area contributed by atoms with Gasteiger partial charge in [0, 0.05) is 18.8 Å². The topological polar surface area (TPSA) is 29.5 Å². The van der Waals surface area contributed by atoms with Crippen LogP contribution in [0, 0.1) is 5.41 Å². The van der Waals surface area contributed by atoms with Crippen LogP contribution in [0.3, 0.4) is 0 Å². The summed E-state index contributed by atoms with van der Waals surface area (Å²) in [6.45, 7) is 5.60. The molecule has 0 saturated heterocycles. The highest BCUT2D eigenvalue weighted by molar-refractivity contribution is 5.77. The molecule has 2 rings (SSSR count). The van der Waals surface area contributed by atoms with Crippen molar-refractivity contribution < 1.29 is 9.53 Å². The third-order valence-electron chi connectivity index (χ3n) is 3.53. The van der Waals surface area contributed by atoms with Gasteiger partial charge in [0.15, 0.2) is 0 Å². The number of anilines is 1. The van der Waals surface area contributed by atoms with Gasteiger partial charge < -0.3 is 9.64 Å². The Labute approximate surface area is 109 Å². The van der Waals surface area contributed by atoms with E-state index in [1.54, 1.807) is 0 Å². The lowest BCUT2D eigenvalue weighted by Gasteiger charge is -2.36. The van der Waals surface area contributed by atoms with Crippen molar-refractivity contribution in [2.24, 2.45) is 5.41 Å². The highest BCUT2D eigenvalue weighted by Crippen LogP contribution is 2.30. The minimum Gasteiger partial charge on any atom is -0.469 e. The maximum Gasteiger partial charge on any atom is 0.313 e. The molecule has 3 heteroatoms. The van der Waals surface area contributed by atoms with E-state index in [1.165, 1.54) is 18.4 Å². The number of benzene rings is 1. The van der Waals surface area contributed by atoms with Crippen molar-refractivity contribution in [2.75, 3.05) is 25.1 Å². The van der Waals surface area contributed by atoms with E-state index in [-0.39, 0.29) is 5.97 Å². The Bertz CT molecular complexity index is 440. The van der Waals surface area contributed by atoms with Gasteiger partial charge in [-0.05, 0) is 38.3 Å². The highest BCUT2D eigenvalue weighted by atomic mass is 16.5. The van der Waals surface area contributed by atoms with Gasteiger partial charge >= 0.3 is 5.97 Å². The molecule has 98 valence electrons. The molecule has 0 unspecified atom stereocenters. The first-order valence-electron chi connectivity index (χ1n) is 6.46. The third-order valence-corrected chi connectivity index (χ3v) is 3.53. The average Bonchev–Trinajstić information content (AvgIpc) is 2.38. The fraction of sp³-hybridized carbons (Fsp3) is 0.533. The van der Waals surface area contributed by atoms with E-state index >= 15 is 0 Å². The van der Waals surface area contributed by atoms with Crippen LogP contribution in [0.5, 0.6) is 0 Å². The molecular formula is C15H21NO2. The first-order valence-corrected chi connectivity index (χ1v) is 6.46. The molecule has 1 aromatic rings. The van der Waals surface area contributed by atoms with Crippen LogP contribution < -0.4 is 4.90 Å². The molecule has 0 aliphatic carbocycles. The van der Waals surface area contributed by atoms with Crippen molar-refractivity contribution in [3.05, 3.63) is 29.8 Å². The van der Waals surface area contributed by atoms with Crippen LogP contribution in [0.4, 0.5) is 5.69 Å². The number of nitrogens with zero attached hydrogens (tertiary/aromatic N) is 1. The predicted molar refractivity (Wildman–Crippen MR) is 72.8 cm³/mol. The van der Waals surface area contributed by atoms with E-state index in [2.05, 4.69) is 29.2 Å². The predicted octanol–water partition coefficient (Wildman–Crippen LogP) is 2.64. The van der Waals surface area contributed by atoms with Gasteiger partial charge in [-0.15, -0.1) is 0 Å². The lowest BCUT2D eigenvalue weighted by Crippen LogP contribution is -2.42. The largest absolute Gasteiger partial charge is 0.469 e. The number of hydrogen-bond acceptors (Lipinski definition) is 3. The third kappa shape index (κ3) is 2.50. The monoisotopic (exact) mass is 247 g/mol. The van der Waals surface area contributed by atoms with Crippen LogP contribution >= 0.6 is 0 Å². The van der Waals surface area contributed by atoms with E-state index < -0.39 is 5.41 Å². The molecule has 0 spiro atoms. The molecule has 3 nitrogen and oxygen atoms in total. The van der Waals surface area contributed by atoms with Crippen LogP contribution in [-0.4, -0.2) is 26.2 Å². The van der Waals surface area contributed by atoms with Crippen molar-refractivity contribution >= 4 is 11.7 Å². The molecule has 18 heavy (non-hydrogen) atoms. The fourth-order valence-electron chi connectivity index (χ4n) is 2.59. The molecule has 0 radical (unpaired) electrons. The lowest BCUT2D eigenvalue weighted by atomic mass is 9.91. The van der Waals surface area contributed by atoms with E-state index in [9.17, 15) is 4.79 Å². The fourth-order valence-corrected chi connectivity index (χ4v) is 2.59. The molecule has 1 aliphatic heterocycles. The van der Waals surface area contributed by atoms with Crippen LogP contribution in [0.2, 0.25) is 0 Å². The Kier molecular flexibility index (Phi) is 3.60. The van der Waals surface area contributed by atoms with Crippen LogP contribution in [0.15, 0.2) is 24.3 Å². The summed E-state index contributed by atoms with van der Waals surface area (Å²) in [5, 5.41) is 0. The number of aryl methyl sites for hydroxylation is 1. The molecule has 1 aliphatic rings. The molecule has 0 amide bonds. The number of fused-ring (bicyclic) bond motifs is 1. The van der Waals surface area contributed by atoms with Gasteiger partial charge in [-0.3, -0.25) is 4.79 Å². The Morgan fingerprint density at radius 1 is 1.39 bits per heavy atom. The van der Waals surface area contributed by atoms with E-state index in [4.69, 9.17) is 4.74 Å². The van der Waals surface area contributed by atoms with E-state index in [0.717, 1.165) is 19.4 Å². The van der Waals surface area contributed by atoms with E-state index in [1.807, 2.05) is 13.8 Å². The van der Waals surface area contributed by atoms with Crippen molar-refractivity contribution in [2.45, 2.75) is 26.7 Å². The summed E-state index contributed by atoms with van der Waals surface area (Å²) in [6.07, 6.45) is 2.28. The number of carbonyl (C=O) groups excluding carboxylic acids is 1. The molecule has 0 atom stereocenters. The van der Waals surface area contributed by atoms with Crippen LogP contribution in [0.25, 0.3) is 0 Å². The van der Waals surface area contributed by atoms with Crippen molar-refractivity contribution in [1.82, 2.24) is 0 Å². The Balaban J connectivity index is 2.19. The molecule has 0 N–H and O–H groups in total. The zero-order chi connectivity index (χ0) is 13.2. The second-order valence-electron chi connectivity index (χ2n) is 5.53. The smallest absolute Gasteiger partial charge is 0.313 e. The van der Waals surface area contributed by atoms with Crippen molar-refractivity contribution in [1.29, 1.82) is 0 Å². The van der Waals surface area contributed by atoms with Gasteiger partial charge in [0.05, 0.1) is 12.5 Å². The second-order valence-corrected chi connectivity index (χ2v) is 5.53. The summed E-state index contributed by atoms with van der Waals surface area (Å²) in [6, 6.07) is 8.45. The summed E-state index contributed by atoms with van der Waals surface area (Å²) in [5.74, 6) is -0.148. The van der Waals surface area contributed by atoms with Gasteiger partial charge in [-0.2, -0.15) is 0 Å². The SMILES string of the molecule is COC(=O)C(C)(C)CN1CCCc2ccccc21. The Morgan fingerprint density at radius 2 is 2.11 bits per heavy atom. The van der Waals surface area contributed by atoms with Gasteiger partial charge in [-0.25, -0.2) is 0 Å². The number of para-hydroxylation sites is 1.